The van der Waals surface area contributed by atoms with Gasteiger partial charge in [0.1, 0.15) is 0 Å². The van der Waals surface area contributed by atoms with Crippen molar-refractivity contribution >= 4 is 12.1 Å². The van der Waals surface area contributed by atoms with Gasteiger partial charge in [0.25, 0.3) is 0 Å². The molecule has 0 heterocycles. The van der Waals surface area contributed by atoms with E-state index in [-0.39, 0.29) is 5.60 Å². The van der Waals surface area contributed by atoms with E-state index in [0.717, 1.165) is 43.3 Å². The third kappa shape index (κ3) is 2.46. The van der Waals surface area contributed by atoms with E-state index in [2.05, 4.69) is 17.5 Å². The number of hydrogen-bond acceptors (Lipinski definition) is 2. The fourth-order valence-electron chi connectivity index (χ4n) is 2.65. The number of hydrogen-bond donors (Lipinski definition) is 1. The highest BCUT2D eigenvalue weighted by atomic mass is 16.5. The van der Waals surface area contributed by atoms with Gasteiger partial charge in [0.15, 0.2) is 0 Å². The first-order chi connectivity index (χ1) is 8.82. The quantitative estimate of drug-likeness (QED) is 0.653. The maximum atomic E-state index is 10.7. The second-order valence-corrected chi connectivity index (χ2v) is 4.55. The van der Waals surface area contributed by atoms with Crippen LogP contribution in [0.1, 0.15) is 31.2 Å². The van der Waals surface area contributed by atoms with Gasteiger partial charge in [0.2, 0.25) is 6.41 Å². The molecule has 1 aliphatic carbocycles. The van der Waals surface area contributed by atoms with E-state index >= 15 is 0 Å². The minimum Gasteiger partial charge on any atom is -0.373 e. The van der Waals surface area contributed by atoms with Crippen molar-refractivity contribution in [2.45, 2.75) is 31.3 Å². The summed E-state index contributed by atoms with van der Waals surface area (Å²) in [5.41, 5.74) is 1.62. The topological polar surface area (TPSA) is 38.3 Å². The van der Waals surface area contributed by atoms with E-state index < -0.39 is 0 Å². The molecular formula is C15H19NO2. The fraction of sp³-hybridized carbons (Fsp3) is 0.400. The Kier molecular flexibility index (Phi) is 4.15. The largest absolute Gasteiger partial charge is 0.373 e. The van der Waals surface area contributed by atoms with Gasteiger partial charge < -0.3 is 10.1 Å². The molecule has 0 saturated heterocycles. The van der Waals surface area contributed by atoms with Crippen molar-refractivity contribution in [3.63, 3.8) is 0 Å². The summed E-state index contributed by atoms with van der Waals surface area (Å²) in [6, 6.07) is 7.88. The van der Waals surface area contributed by atoms with Crippen LogP contribution in [0.15, 0.2) is 36.4 Å². The predicted molar refractivity (Wildman–Crippen MR) is 72.4 cm³/mol. The van der Waals surface area contributed by atoms with Crippen molar-refractivity contribution in [1.82, 2.24) is 0 Å². The molecular weight excluding hydrogens is 226 g/mol. The van der Waals surface area contributed by atoms with Crippen LogP contribution in [0, 0.1) is 0 Å². The first-order valence-electron chi connectivity index (χ1n) is 6.32. The number of carbonyl (C=O) groups excluding carboxylic acids is 1. The minimum absolute atomic E-state index is 0.296. The highest BCUT2D eigenvalue weighted by Crippen LogP contribution is 2.40. The molecule has 1 aromatic rings. The lowest BCUT2D eigenvalue weighted by molar-refractivity contribution is -0.105. The number of amides is 1. The monoisotopic (exact) mass is 245 g/mol. The first-order valence-corrected chi connectivity index (χ1v) is 6.32. The van der Waals surface area contributed by atoms with E-state index in [9.17, 15) is 4.79 Å². The highest BCUT2D eigenvalue weighted by Gasteiger charge is 2.33. The summed E-state index contributed by atoms with van der Waals surface area (Å²) in [6.07, 6.45) is 9.02. The van der Waals surface area contributed by atoms with E-state index in [1.54, 1.807) is 7.11 Å². The zero-order chi connectivity index (χ0) is 12.8. The Bertz CT molecular complexity index is 430. The molecule has 3 nitrogen and oxygen atoms in total. The first kappa shape index (κ1) is 12.8. The van der Waals surface area contributed by atoms with Gasteiger partial charge in [-0.05, 0) is 31.7 Å². The molecule has 1 N–H and O–H groups in total. The second-order valence-electron chi connectivity index (χ2n) is 4.55. The zero-order valence-corrected chi connectivity index (χ0v) is 10.7. The summed E-state index contributed by atoms with van der Waals surface area (Å²) in [5.74, 6) is 0. The van der Waals surface area contributed by atoms with Gasteiger partial charge in [0, 0.05) is 18.4 Å². The second kappa shape index (κ2) is 5.83. The van der Waals surface area contributed by atoms with Gasteiger partial charge in [0.05, 0.1) is 5.60 Å². The molecule has 1 aliphatic rings. The van der Waals surface area contributed by atoms with Crippen LogP contribution in [-0.2, 0) is 15.1 Å². The van der Waals surface area contributed by atoms with Gasteiger partial charge in [-0.15, -0.1) is 0 Å². The van der Waals surface area contributed by atoms with E-state index in [0.29, 0.717) is 0 Å². The molecule has 1 amide bonds. The van der Waals surface area contributed by atoms with E-state index in [1.165, 1.54) is 0 Å². The number of allylic oxidation sites excluding steroid dienone is 2. The molecule has 0 atom stereocenters. The molecule has 3 heteroatoms. The summed E-state index contributed by atoms with van der Waals surface area (Å²) in [5, 5.41) is 2.77. The Labute approximate surface area is 108 Å². The fourth-order valence-corrected chi connectivity index (χ4v) is 2.65. The average Bonchev–Trinajstić information content (AvgIpc) is 2.66. The van der Waals surface area contributed by atoms with Crippen LogP contribution in [0.25, 0.3) is 0 Å². The SMILES string of the molecule is COC1(c2ccccc2NC=O)CCC=CCC1. The van der Waals surface area contributed by atoms with Crippen LogP contribution in [0.2, 0.25) is 0 Å². The van der Waals surface area contributed by atoms with E-state index in [4.69, 9.17) is 4.74 Å². The molecule has 0 fully saturated rings. The predicted octanol–water partition coefficient (Wildman–Crippen LogP) is 3.23. The van der Waals surface area contributed by atoms with Crippen molar-refractivity contribution in [2.75, 3.05) is 12.4 Å². The summed E-state index contributed by atoms with van der Waals surface area (Å²) >= 11 is 0. The molecule has 96 valence electrons. The van der Waals surface area contributed by atoms with Crippen LogP contribution >= 0.6 is 0 Å². The van der Waals surface area contributed by atoms with Crippen molar-refractivity contribution in [1.29, 1.82) is 0 Å². The Morgan fingerprint density at radius 3 is 2.50 bits per heavy atom. The lowest BCUT2D eigenvalue weighted by Crippen LogP contribution is -2.29. The van der Waals surface area contributed by atoms with Gasteiger partial charge in [-0.2, -0.15) is 0 Å². The van der Waals surface area contributed by atoms with E-state index in [1.807, 2.05) is 24.3 Å². The van der Waals surface area contributed by atoms with Gasteiger partial charge in [-0.25, -0.2) is 0 Å². The standard InChI is InChI=1S/C15H19NO2/c1-18-15(10-6-2-3-7-11-15)13-8-4-5-9-14(13)16-12-17/h2-5,8-9,12H,6-7,10-11H2,1H3,(H,16,17). The molecule has 18 heavy (non-hydrogen) atoms. The van der Waals surface area contributed by atoms with Gasteiger partial charge in [-0.3, -0.25) is 4.79 Å². The number of ether oxygens (including phenoxy) is 1. The number of para-hydroxylation sites is 1. The molecule has 2 rings (SSSR count). The molecule has 0 saturated carbocycles. The lowest BCUT2D eigenvalue weighted by Gasteiger charge is -2.33. The summed E-state index contributed by atoms with van der Waals surface area (Å²) in [6.45, 7) is 0. The normalized spacial score (nSPS) is 18.1. The van der Waals surface area contributed by atoms with Gasteiger partial charge in [-0.1, -0.05) is 30.4 Å². The molecule has 1 aromatic carbocycles. The Morgan fingerprint density at radius 1 is 1.22 bits per heavy atom. The Hall–Kier alpha value is -1.61. The number of methoxy groups -OCH3 is 1. The summed E-state index contributed by atoms with van der Waals surface area (Å²) < 4.78 is 5.84. The maximum absolute atomic E-state index is 10.7. The van der Waals surface area contributed by atoms with Crippen LogP contribution in [0.4, 0.5) is 5.69 Å². The Morgan fingerprint density at radius 2 is 1.89 bits per heavy atom. The smallest absolute Gasteiger partial charge is 0.211 e. The average molecular weight is 245 g/mol. The van der Waals surface area contributed by atoms with Crippen LogP contribution < -0.4 is 5.32 Å². The van der Waals surface area contributed by atoms with Crippen molar-refractivity contribution in [3.05, 3.63) is 42.0 Å². The molecule has 0 spiro atoms. The summed E-state index contributed by atoms with van der Waals surface area (Å²) in [4.78, 5) is 10.7. The molecule has 0 radical (unpaired) electrons. The molecule has 0 aromatic heterocycles. The van der Waals surface area contributed by atoms with Crippen LogP contribution in [-0.4, -0.2) is 13.5 Å². The van der Waals surface area contributed by atoms with Crippen molar-refractivity contribution in [2.24, 2.45) is 0 Å². The van der Waals surface area contributed by atoms with Crippen LogP contribution in [0.3, 0.4) is 0 Å². The number of carbonyl (C=O) groups is 1. The number of anilines is 1. The summed E-state index contributed by atoms with van der Waals surface area (Å²) in [7, 11) is 1.75. The highest BCUT2D eigenvalue weighted by molar-refractivity contribution is 5.74. The number of nitrogens with one attached hydrogen (secondary N) is 1. The van der Waals surface area contributed by atoms with Gasteiger partial charge >= 0.3 is 0 Å². The van der Waals surface area contributed by atoms with Crippen molar-refractivity contribution in [3.8, 4) is 0 Å². The maximum Gasteiger partial charge on any atom is 0.211 e. The van der Waals surface area contributed by atoms with Crippen molar-refractivity contribution < 1.29 is 9.53 Å². The van der Waals surface area contributed by atoms with Crippen LogP contribution in [0.5, 0.6) is 0 Å². The number of benzene rings is 1. The third-order valence-corrected chi connectivity index (χ3v) is 3.62. The molecule has 0 unspecified atom stereocenters. The molecule has 0 bridgehead atoms. The number of rotatable bonds is 4. The molecule has 0 aliphatic heterocycles. The zero-order valence-electron chi connectivity index (χ0n) is 10.7. The lowest BCUT2D eigenvalue weighted by atomic mass is 9.85. The third-order valence-electron chi connectivity index (χ3n) is 3.62. The minimum atomic E-state index is -0.296. The Balaban J connectivity index is 2.39.